The van der Waals surface area contributed by atoms with E-state index >= 15 is 0 Å². The monoisotopic (exact) mass is 417 g/mol. The molecule has 8 heteroatoms. The third-order valence-corrected chi connectivity index (χ3v) is 6.68. The minimum Gasteiger partial charge on any atom is -0.273 e. The first kappa shape index (κ1) is 20.4. The molecule has 28 heavy (non-hydrogen) atoms. The van der Waals surface area contributed by atoms with Crippen LogP contribution in [0.25, 0.3) is 10.8 Å². The molecule has 3 rings (SSSR count). The van der Waals surface area contributed by atoms with Gasteiger partial charge < -0.3 is 0 Å². The Morgan fingerprint density at radius 1 is 1.14 bits per heavy atom. The van der Waals surface area contributed by atoms with Crippen LogP contribution in [0.3, 0.4) is 0 Å². The molecule has 0 bridgehead atoms. The van der Waals surface area contributed by atoms with E-state index in [0.29, 0.717) is 22.8 Å². The highest BCUT2D eigenvalue weighted by molar-refractivity contribution is 7.99. The van der Waals surface area contributed by atoms with Gasteiger partial charge in [-0.25, -0.2) is 12.7 Å². The second-order valence-electron chi connectivity index (χ2n) is 6.64. The predicted molar refractivity (Wildman–Crippen MR) is 114 cm³/mol. The Balaban J connectivity index is 1.80. The number of carbonyl (C=O) groups is 1. The number of benzene rings is 2. The fourth-order valence-corrected chi connectivity index (χ4v) is 5.27. The van der Waals surface area contributed by atoms with Crippen LogP contribution in [-0.4, -0.2) is 36.1 Å². The van der Waals surface area contributed by atoms with Gasteiger partial charge in [0, 0.05) is 24.1 Å². The molecule has 0 unspecified atom stereocenters. The van der Waals surface area contributed by atoms with Gasteiger partial charge in [0.2, 0.25) is 15.9 Å². The summed E-state index contributed by atoms with van der Waals surface area (Å²) in [6.45, 7) is 3.46. The van der Waals surface area contributed by atoms with Crippen LogP contribution in [0.4, 0.5) is 5.69 Å². The number of hydrogen-bond donors (Lipinski definition) is 0. The van der Waals surface area contributed by atoms with Crippen LogP contribution >= 0.6 is 11.8 Å². The predicted octanol–water partition coefficient (Wildman–Crippen LogP) is 3.67. The molecule has 6 nitrogen and oxygen atoms in total. The SMILES string of the molecule is Cc1nn(C)c(C)c1N(C(=O)CCSc1cccc2ccccc12)S(C)(=O)=O. The molecule has 2 aromatic carbocycles. The van der Waals surface area contributed by atoms with Crippen LogP contribution < -0.4 is 4.31 Å². The molecule has 1 heterocycles. The number of sulfonamides is 1. The minimum atomic E-state index is -3.76. The zero-order chi connectivity index (χ0) is 20.5. The van der Waals surface area contributed by atoms with Crippen molar-refractivity contribution in [2.45, 2.75) is 25.2 Å². The summed E-state index contributed by atoms with van der Waals surface area (Å²) in [5.74, 6) is 0.0338. The summed E-state index contributed by atoms with van der Waals surface area (Å²) in [6, 6.07) is 14.1. The molecule has 1 aromatic heterocycles. The maximum absolute atomic E-state index is 12.9. The summed E-state index contributed by atoms with van der Waals surface area (Å²) in [6.07, 6.45) is 1.16. The summed E-state index contributed by atoms with van der Waals surface area (Å²) in [5.41, 5.74) is 1.50. The number of rotatable bonds is 6. The van der Waals surface area contributed by atoms with E-state index in [1.165, 1.54) is 0 Å². The summed E-state index contributed by atoms with van der Waals surface area (Å²) in [4.78, 5) is 13.9. The van der Waals surface area contributed by atoms with E-state index in [0.717, 1.165) is 26.2 Å². The first-order valence-electron chi connectivity index (χ1n) is 8.84. The minimum absolute atomic E-state index is 0.106. The van der Waals surface area contributed by atoms with Gasteiger partial charge in [-0.1, -0.05) is 36.4 Å². The first-order valence-corrected chi connectivity index (χ1v) is 11.7. The molecular weight excluding hydrogens is 394 g/mol. The lowest BCUT2D eigenvalue weighted by atomic mass is 10.1. The van der Waals surface area contributed by atoms with Gasteiger partial charge in [-0.2, -0.15) is 5.10 Å². The van der Waals surface area contributed by atoms with Crippen molar-refractivity contribution in [1.29, 1.82) is 0 Å². The number of aromatic nitrogens is 2. The standard InChI is InChI=1S/C20H23N3O3S2/c1-14-20(15(2)22(3)21-14)23(28(4,25)26)19(24)12-13-27-18-11-7-9-16-8-5-6-10-17(16)18/h5-11H,12-13H2,1-4H3. The van der Waals surface area contributed by atoms with Gasteiger partial charge in [-0.05, 0) is 30.7 Å². The lowest BCUT2D eigenvalue weighted by molar-refractivity contribution is -0.117. The molecule has 0 aliphatic rings. The molecule has 0 saturated heterocycles. The van der Waals surface area contributed by atoms with Crippen LogP contribution in [0, 0.1) is 13.8 Å². The highest BCUT2D eigenvalue weighted by atomic mass is 32.2. The molecule has 0 N–H and O–H groups in total. The smallest absolute Gasteiger partial charge is 0.241 e. The zero-order valence-corrected chi connectivity index (χ0v) is 18.0. The highest BCUT2D eigenvalue weighted by Crippen LogP contribution is 2.30. The topological polar surface area (TPSA) is 72.3 Å². The van der Waals surface area contributed by atoms with Crippen molar-refractivity contribution in [3.05, 3.63) is 53.9 Å². The van der Waals surface area contributed by atoms with E-state index < -0.39 is 15.9 Å². The maximum Gasteiger partial charge on any atom is 0.241 e. The normalized spacial score (nSPS) is 11.7. The molecule has 0 saturated carbocycles. The third-order valence-electron chi connectivity index (χ3n) is 4.56. The molecule has 3 aromatic rings. The number of hydrogen-bond acceptors (Lipinski definition) is 5. The van der Waals surface area contributed by atoms with Gasteiger partial charge in [-0.15, -0.1) is 11.8 Å². The highest BCUT2D eigenvalue weighted by Gasteiger charge is 2.30. The molecule has 0 atom stereocenters. The van der Waals surface area contributed by atoms with Crippen molar-refractivity contribution in [3.8, 4) is 0 Å². The Kier molecular flexibility index (Phi) is 5.81. The lowest BCUT2D eigenvalue weighted by Crippen LogP contribution is -2.37. The summed E-state index contributed by atoms with van der Waals surface area (Å²) < 4.78 is 27.2. The van der Waals surface area contributed by atoms with Crippen molar-refractivity contribution in [2.75, 3.05) is 16.3 Å². The van der Waals surface area contributed by atoms with Gasteiger partial charge in [0.25, 0.3) is 0 Å². The van der Waals surface area contributed by atoms with E-state index in [2.05, 4.69) is 5.10 Å². The fraction of sp³-hybridized carbons (Fsp3) is 0.300. The van der Waals surface area contributed by atoms with E-state index in [1.807, 2.05) is 42.5 Å². The number of anilines is 1. The molecule has 0 spiro atoms. The Morgan fingerprint density at radius 2 is 1.82 bits per heavy atom. The summed E-state index contributed by atoms with van der Waals surface area (Å²) in [5, 5.41) is 6.51. The Morgan fingerprint density at radius 3 is 2.46 bits per heavy atom. The van der Waals surface area contributed by atoms with Crippen LogP contribution in [0.5, 0.6) is 0 Å². The Bertz CT molecular complexity index is 1130. The average molecular weight is 418 g/mol. The van der Waals surface area contributed by atoms with Gasteiger partial charge in [0.1, 0.15) is 5.69 Å². The quantitative estimate of drug-likeness (QED) is 0.572. The van der Waals surface area contributed by atoms with Crippen molar-refractivity contribution in [1.82, 2.24) is 9.78 Å². The summed E-state index contributed by atoms with van der Waals surface area (Å²) in [7, 11) is -2.03. The van der Waals surface area contributed by atoms with Crippen LogP contribution in [0.15, 0.2) is 47.4 Å². The number of carbonyl (C=O) groups excluding carboxylic acids is 1. The van der Waals surface area contributed by atoms with E-state index in [9.17, 15) is 13.2 Å². The Labute approximate surface area is 169 Å². The van der Waals surface area contributed by atoms with Gasteiger partial charge in [-0.3, -0.25) is 9.48 Å². The van der Waals surface area contributed by atoms with Crippen LogP contribution in [0.1, 0.15) is 17.8 Å². The second-order valence-corrected chi connectivity index (χ2v) is 9.61. The molecule has 0 radical (unpaired) electrons. The van der Waals surface area contributed by atoms with E-state index in [4.69, 9.17) is 0 Å². The van der Waals surface area contributed by atoms with Crippen LogP contribution in [-0.2, 0) is 21.9 Å². The number of thioether (sulfide) groups is 1. The van der Waals surface area contributed by atoms with Crippen molar-refractivity contribution in [3.63, 3.8) is 0 Å². The maximum atomic E-state index is 12.9. The first-order chi connectivity index (χ1) is 13.2. The van der Waals surface area contributed by atoms with Crippen molar-refractivity contribution in [2.24, 2.45) is 7.05 Å². The number of amides is 1. The zero-order valence-electron chi connectivity index (χ0n) is 16.3. The lowest BCUT2D eigenvalue weighted by Gasteiger charge is -2.20. The van der Waals surface area contributed by atoms with Gasteiger partial charge in [0.15, 0.2) is 0 Å². The molecule has 1 amide bonds. The molecule has 0 aliphatic heterocycles. The van der Waals surface area contributed by atoms with Gasteiger partial charge in [0.05, 0.1) is 17.6 Å². The summed E-state index contributed by atoms with van der Waals surface area (Å²) >= 11 is 1.55. The largest absolute Gasteiger partial charge is 0.273 e. The molecule has 148 valence electrons. The second kappa shape index (κ2) is 7.97. The number of fused-ring (bicyclic) bond motifs is 1. The van der Waals surface area contributed by atoms with Crippen molar-refractivity contribution >= 4 is 44.2 Å². The van der Waals surface area contributed by atoms with E-state index in [-0.39, 0.29) is 6.42 Å². The Hall–Kier alpha value is -2.32. The number of aryl methyl sites for hydroxylation is 2. The van der Waals surface area contributed by atoms with E-state index in [1.54, 1.807) is 37.3 Å². The molecule has 0 fully saturated rings. The molecule has 0 aliphatic carbocycles. The van der Waals surface area contributed by atoms with Gasteiger partial charge >= 0.3 is 0 Å². The fourth-order valence-electron chi connectivity index (χ4n) is 3.20. The third kappa shape index (κ3) is 4.07. The average Bonchev–Trinajstić information content (AvgIpc) is 2.87. The van der Waals surface area contributed by atoms with Crippen molar-refractivity contribution < 1.29 is 13.2 Å². The number of nitrogens with zero attached hydrogens (tertiary/aromatic N) is 3. The van der Waals surface area contributed by atoms with Crippen LogP contribution in [0.2, 0.25) is 0 Å². The molecular formula is C20H23N3O3S2.